The highest BCUT2D eigenvalue weighted by molar-refractivity contribution is 7.12. The number of hydrogen-bond donors (Lipinski definition) is 1. The lowest BCUT2D eigenvalue weighted by atomic mass is 10.1. The standard InChI is InChI=1S/C20H24N2O3S/c23-18(19-7-4-14-26-19)8-9-20(24)21-17(16-5-2-1-3-6-16)15-22-10-12-25-13-11-22/h1-7,14,17H,8-13,15H2,(H,21,24). The summed E-state index contributed by atoms with van der Waals surface area (Å²) in [6.45, 7) is 3.94. The summed E-state index contributed by atoms with van der Waals surface area (Å²) in [6.07, 6.45) is 0.453. The number of rotatable bonds is 8. The molecule has 6 heteroatoms. The van der Waals surface area contributed by atoms with Crippen molar-refractivity contribution in [2.75, 3.05) is 32.8 Å². The summed E-state index contributed by atoms with van der Waals surface area (Å²) in [7, 11) is 0. The molecule has 1 unspecified atom stereocenters. The molecule has 5 nitrogen and oxygen atoms in total. The fourth-order valence-corrected chi connectivity index (χ4v) is 3.71. The van der Waals surface area contributed by atoms with E-state index in [-0.39, 0.29) is 30.6 Å². The first-order chi connectivity index (χ1) is 12.7. The summed E-state index contributed by atoms with van der Waals surface area (Å²) in [5, 5.41) is 4.99. The molecular formula is C20H24N2O3S. The van der Waals surface area contributed by atoms with Gasteiger partial charge in [-0.15, -0.1) is 11.3 Å². The summed E-state index contributed by atoms with van der Waals surface area (Å²) in [5.74, 6) is -0.0587. The Balaban J connectivity index is 1.57. The lowest BCUT2D eigenvalue weighted by Crippen LogP contribution is -2.43. The van der Waals surface area contributed by atoms with Crippen LogP contribution in [0.15, 0.2) is 47.8 Å². The molecule has 1 fully saturated rings. The molecule has 0 aliphatic carbocycles. The molecule has 1 atom stereocenters. The van der Waals surface area contributed by atoms with E-state index in [0.717, 1.165) is 38.4 Å². The molecule has 0 bridgehead atoms. The van der Waals surface area contributed by atoms with Gasteiger partial charge < -0.3 is 10.1 Å². The second-order valence-electron chi connectivity index (χ2n) is 6.34. The van der Waals surface area contributed by atoms with E-state index in [2.05, 4.69) is 10.2 Å². The van der Waals surface area contributed by atoms with Gasteiger partial charge in [0.2, 0.25) is 5.91 Å². The van der Waals surface area contributed by atoms with E-state index in [1.165, 1.54) is 11.3 Å². The topological polar surface area (TPSA) is 58.6 Å². The van der Waals surface area contributed by atoms with Gasteiger partial charge in [0.05, 0.1) is 24.1 Å². The van der Waals surface area contributed by atoms with Gasteiger partial charge in [-0.1, -0.05) is 36.4 Å². The van der Waals surface area contributed by atoms with Crippen molar-refractivity contribution in [3.05, 3.63) is 58.3 Å². The Hall–Kier alpha value is -2.02. The van der Waals surface area contributed by atoms with Crippen LogP contribution in [0.2, 0.25) is 0 Å². The molecule has 2 heterocycles. The molecule has 1 aromatic heterocycles. The second-order valence-corrected chi connectivity index (χ2v) is 7.29. The van der Waals surface area contributed by atoms with Gasteiger partial charge >= 0.3 is 0 Å². The van der Waals surface area contributed by atoms with Crippen LogP contribution in [0.25, 0.3) is 0 Å². The molecule has 0 radical (unpaired) electrons. The summed E-state index contributed by atoms with van der Waals surface area (Å²) in [5.41, 5.74) is 1.08. The minimum Gasteiger partial charge on any atom is -0.379 e. The van der Waals surface area contributed by atoms with Gasteiger partial charge in [-0.2, -0.15) is 0 Å². The molecule has 1 N–H and O–H groups in total. The van der Waals surface area contributed by atoms with Crippen LogP contribution in [0, 0.1) is 0 Å². The number of nitrogens with one attached hydrogen (secondary N) is 1. The van der Waals surface area contributed by atoms with E-state index < -0.39 is 0 Å². The molecule has 1 aliphatic heterocycles. The fraction of sp³-hybridized carbons (Fsp3) is 0.400. The van der Waals surface area contributed by atoms with Crippen molar-refractivity contribution in [3.8, 4) is 0 Å². The maximum atomic E-state index is 12.4. The molecule has 1 amide bonds. The van der Waals surface area contributed by atoms with Crippen molar-refractivity contribution in [1.82, 2.24) is 10.2 Å². The van der Waals surface area contributed by atoms with Crippen molar-refractivity contribution in [3.63, 3.8) is 0 Å². The number of morpholine rings is 1. The largest absolute Gasteiger partial charge is 0.379 e. The number of Topliss-reactive ketones (excluding diaryl/α,β-unsaturated/α-hetero) is 1. The molecule has 0 saturated carbocycles. The monoisotopic (exact) mass is 372 g/mol. The third-order valence-electron chi connectivity index (χ3n) is 4.46. The Kier molecular flexibility index (Phi) is 6.94. The van der Waals surface area contributed by atoms with Crippen LogP contribution in [0.4, 0.5) is 0 Å². The maximum Gasteiger partial charge on any atom is 0.220 e. The smallest absolute Gasteiger partial charge is 0.220 e. The number of carbonyl (C=O) groups is 2. The Labute approximate surface area is 158 Å². The Morgan fingerprint density at radius 2 is 1.85 bits per heavy atom. The zero-order valence-electron chi connectivity index (χ0n) is 14.7. The van der Waals surface area contributed by atoms with Gasteiger partial charge in [0.25, 0.3) is 0 Å². The highest BCUT2D eigenvalue weighted by Crippen LogP contribution is 2.17. The number of ether oxygens (including phenoxy) is 1. The molecule has 26 heavy (non-hydrogen) atoms. The van der Waals surface area contributed by atoms with Crippen LogP contribution in [0.5, 0.6) is 0 Å². The van der Waals surface area contributed by atoms with E-state index in [1.54, 1.807) is 6.07 Å². The van der Waals surface area contributed by atoms with Crippen molar-refractivity contribution in [1.29, 1.82) is 0 Å². The first-order valence-electron chi connectivity index (χ1n) is 8.93. The molecule has 1 aliphatic rings. The third kappa shape index (κ3) is 5.49. The van der Waals surface area contributed by atoms with E-state index in [9.17, 15) is 9.59 Å². The van der Waals surface area contributed by atoms with Crippen LogP contribution in [-0.4, -0.2) is 49.4 Å². The first-order valence-corrected chi connectivity index (χ1v) is 9.81. The van der Waals surface area contributed by atoms with E-state index in [4.69, 9.17) is 4.74 Å². The van der Waals surface area contributed by atoms with E-state index in [1.807, 2.05) is 41.8 Å². The number of ketones is 1. The average molecular weight is 372 g/mol. The number of nitrogens with zero attached hydrogens (tertiary/aromatic N) is 1. The highest BCUT2D eigenvalue weighted by atomic mass is 32.1. The van der Waals surface area contributed by atoms with Gasteiger partial charge in [-0.3, -0.25) is 14.5 Å². The predicted molar refractivity (Wildman–Crippen MR) is 102 cm³/mol. The number of hydrogen-bond acceptors (Lipinski definition) is 5. The van der Waals surface area contributed by atoms with Gasteiger partial charge in [-0.25, -0.2) is 0 Å². The summed E-state index contributed by atoms with van der Waals surface area (Å²) < 4.78 is 5.40. The van der Waals surface area contributed by atoms with Crippen LogP contribution in [0.3, 0.4) is 0 Å². The quantitative estimate of drug-likeness (QED) is 0.724. The van der Waals surface area contributed by atoms with Crippen molar-refractivity contribution < 1.29 is 14.3 Å². The summed E-state index contributed by atoms with van der Waals surface area (Å²) >= 11 is 1.42. The predicted octanol–water partition coefficient (Wildman–Crippen LogP) is 2.90. The minimum atomic E-state index is -0.0861. The zero-order valence-corrected chi connectivity index (χ0v) is 15.5. The Morgan fingerprint density at radius 3 is 2.54 bits per heavy atom. The minimum absolute atomic E-state index is 0.0274. The van der Waals surface area contributed by atoms with Crippen molar-refractivity contribution in [2.24, 2.45) is 0 Å². The van der Waals surface area contributed by atoms with Crippen LogP contribution in [-0.2, 0) is 9.53 Å². The molecular weight excluding hydrogens is 348 g/mol. The van der Waals surface area contributed by atoms with Crippen LogP contribution >= 0.6 is 11.3 Å². The zero-order chi connectivity index (χ0) is 18.2. The highest BCUT2D eigenvalue weighted by Gasteiger charge is 2.20. The van der Waals surface area contributed by atoms with E-state index in [0.29, 0.717) is 4.88 Å². The summed E-state index contributed by atoms with van der Waals surface area (Å²) in [4.78, 5) is 27.5. The SMILES string of the molecule is O=C(CCC(=O)c1cccs1)NC(CN1CCOCC1)c1ccccc1. The maximum absolute atomic E-state index is 12.4. The normalized spacial score (nSPS) is 16.2. The Morgan fingerprint density at radius 1 is 1.08 bits per heavy atom. The first kappa shape index (κ1) is 18.8. The van der Waals surface area contributed by atoms with Crippen LogP contribution < -0.4 is 5.32 Å². The Bertz CT molecular complexity index is 697. The van der Waals surface area contributed by atoms with Gasteiger partial charge in [-0.05, 0) is 17.0 Å². The molecule has 0 spiro atoms. The lowest BCUT2D eigenvalue weighted by molar-refractivity contribution is -0.122. The van der Waals surface area contributed by atoms with Gasteiger partial charge in [0.15, 0.2) is 5.78 Å². The second kappa shape index (κ2) is 9.62. The van der Waals surface area contributed by atoms with Crippen LogP contribution in [0.1, 0.15) is 34.1 Å². The summed E-state index contributed by atoms with van der Waals surface area (Å²) in [6, 6.07) is 13.6. The molecule has 3 rings (SSSR count). The number of thiophene rings is 1. The van der Waals surface area contributed by atoms with Crippen molar-refractivity contribution in [2.45, 2.75) is 18.9 Å². The average Bonchev–Trinajstić information content (AvgIpc) is 3.22. The number of carbonyl (C=O) groups excluding carboxylic acids is 2. The number of benzene rings is 1. The lowest BCUT2D eigenvalue weighted by Gasteiger charge is -2.31. The van der Waals surface area contributed by atoms with E-state index >= 15 is 0 Å². The molecule has 138 valence electrons. The molecule has 1 aromatic carbocycles. The fourth-order valence-electron chi connectivity index (χ4n) is 3.02. The van der Waals surface area contributed by atoms with Gasteiger partial charge in [0.1, 0.15) is 0 Å². The van der Waals surface area contributed by atoms with Gasteiger partial charge in [0, 0.05) is 32.5 Å². The third-order valence-corrected chi connectivity index (χ3v) is 5.37. The molecule has 1 saturated heterocycles. The molecule has 2 aromatic rings. The van der Waals surface area contributed by atoms with Crippen molar-refractivity contribution >= 4 is 23.0 Å². The number of amides is 1.